The van der Waals surface area contributed by atoms with Crippen molar-refractivity contribution in [2.24, 2.45) is 0 Å². The normalized spacial score (nSPS) is 21.1. The molecule has 0 saturated carbocycles. The molecule has 2 aliphatic rings. The molecule has 166 valence electrons. The molecule has 1 N–H and O–H groups in total. The summed E-state index contributed by atoms with van der Waals surface area (Å²) in [7, 11) is -3.59. The minimum atomic E-state index is -3.59. The molecule has 2 aromatic carbocycles. The van der Waals surface area contributed by atoms with Crippen LogP contribution in [0.4, 0.5) is 0 Å². The maximum Gasteiger partial charge on any atom is 0.251 e. The van der Waals surface area contributed by atoms with Crippen LogP contribution in [-0.4, -0.2) is 50.5 Å². The molecule has 2 aromatic rings. The first-order chi connectivity index (χ1) is 14.7. The second kappa shape index (κ2) is 8.26. The Balaban J connectivity index is 1.52. The monoisotopic (exact) mass is 444 g/mol. The van der Waals surface area contributed by atoms with Crippen LogP contribution in [0.2, 0.25) is 0 Å². The topological polar surface area (TPSA) is 84.9 Å². The van der Waals surface area contributed by atoms with Gasteiger partial charge in [-0.05, 0) is 51.1 Å². The van der Waals surface area contributed by atoms with Crippen molar-refractivity contribution >= 4 is 15.9 Å². The average molecular weight is 445 g/mol. The zero-order chi connectivity index (χ0) is 22.2. The minimum Gasteiger partial charge on any atom is -0.487 e. The van der Waals surface area contributed by atoms with Gasteiger partial charge in [0.25, 0.3) is 5.91 Å². The molecule has 0 unspecified atom stereocenters. The van der Waals surface area contributed by atoms with Crippen LogP contribution in [0.1, 0.15) is 47.8 Å². The SMILES string of the molecule is Cc1ccc2c(c1)[C@H](NC(=O)c1ccc(S(=O)(=O)N3CCOCC3)cc1)CC(C)(C)O2. The molecular weight excluding hydrogens is 416 g/mol. The first-order valence-corrected chi connectivity index (χ1v) is 11.9. The van der Waals surface area contributed by atoms with Crippen LogP contribution < -0.4 is 10.1 Å². The zero-order valence-electron chi connectivity index (χ0n) is 18.1. The van der Waals surface area contributed by atoms with E-state index in [1.807, 2.05) is 39.0 Å². The number of morpholine rings is 1. The molecular formula is C23H28N2O5S. The number of nitrogens with one attached hydrogen (secondary N) is 1. The third-order valence-electron chi connectivity index (χ3n) is 5.65. The Kier molecular flexibility index (Phi) is 5.81. The van der Waals surface area contributed by atoms with Crippen LogP contribution in [0.5, 0.6) is 5.75 Å². The lowest BCUT2D eigenvalue weighted by atomic mass is 9.88. The molecule has 0 aliphatic carbocycles. The van der Waals surface area contributed by atoms with E-state index in [-0.39, 0.29) is 16.8 Å². The van der Waals surface area contributed by atoms with Gasteiger partial charge in [-0.2, -0.15) is 4.31 Å². The van der Waals surface area contributed by atoms with Crippen molar-refractivity contribution < 1.29 is 22.7 Å². The quantitative estimate of drug-likeness (QED) is 0.784. The fraction of sp³-hybridized carbons (Fsp3) is 0.435. The summed E-state index contributed by atoms with van der Waals surface area (Å²) >= 11 is 0. The largest absolute Gasteiger partial charge is 0.487 e. The van der Waals surface area contributed by atoms with Gasteiger partial charge in [-0.1, -0.05) is 17.7 Å². The van der Waals surface area contributed by atoms with Gasteiger partial charge in [-0.3, -0.25) is 4.79 Å². The lowest BCUT2D eigenvalue weighted by Crippen LogP contribution is -2.41. The van der Waals surface area contributed by atoms with Gasteiger partial charge in [0.1, 0.15) is 11.4 Å². The van der Waals surface area contributed by atoms with Gasteiger partial charge in [0.2, 0.25) is 10.0 Å². The summed E-state index contributed by atoms with van der Waals surface area (Å²) in [5.41, 5.74) is 2.06. The maximum absolute atomic E-state index is 13.0. The summed E-state index contributed by atoms with van der Waals surface area (Å²) < 4.78 is 38.3. The Morgan fingerprint density at radius 2 is 1.77 bits per heavy atom. The molecule has 2 heterocycles. The van der Waals surface area contributed by atoms with E-state index >= 15 is 0 Å². The Hall–Kier alpha value is -2.42. The highest BCUT2D eigenvalue weighted by atomic mass is 32.2. The number of amides is 1. The Morgan fingerprint density at radius 1 is 1.10 bits per heavy atom. The number of benzene rings is 2. The van der Waals surface area contributed by atoms with Crippen LogP contribution in [-0.2, 0) is 14.8 Å². The molecule has 0 radical (unpaired) electrons. The van der Waals surface area contributed by atoms with E-state index in [0.29, 0.717) is 38.3 Å². The molecule has 31 heavy (non-hydrogen) atoms. The first-order valence-electron chi connectivity index (χ1n) is 10.4. The number of carbonyl (C=O) groups excluding carboxylic acids is 1. The summed E-state index contributed by atoms with van der Waals surface area (Å²) in [5.74, 6) is 0.532. The van der Waals surface area contributed by atoms with E-state index in [2.05, 4.69) is 5.32 Å². The van der Waals surface area contributed by atoms with Crippen LogP contribution in [0.3, 0.4) is 0 Å². The van der Waals surface area contributed by atoms with Crippen LogP contribution >= 0.6 is 0 Å². The number of rotatable bonds is 4. The third-order valence-corrected chi connectivity index (χ3v) is 7.57. The number of hydrogen-bond donors (Lipinski definition) is 1. The summed E-state index contributed by atoms with van der Waals surface area (Å²) in [5, 5.41) is 3.10. The van der Waals surface area contributed by atoms with Crippen molar-refractivity contribution in [1.29, 1.82) is 0 Å². The van der Waals surface area contributed by atoms with Gasteiger partial charge in [-0.25, -0.2) is 8.42 Å². The van der Waals surface area contributed by atoms with E-state index in [1.54, 1.807) is 12.1 Å². The highest BCUT2D eigenvalue weighted by Crippen LogP contribution is 2.40. The van der Waals surface area contributed by atoms with Crippen LogP contribution in [0.15, 0.2) is 47.4 Å². The average Bonchev–Trinajstić information content (AvgIpc) is 2.74. The standard InChI is InChI=1S/C23H28N2O5S/c1-16-4-9-21-19(14-16)20(15-23(2,3)30-21)24-22(26)17-5-7-18(8-6-17)31(27,28)25-10-12-29-13-11-25/h4-9,14,20H,10-13,15H2,1-3H3,(H,24,26)/t20-/m1/s1. The lowest BCUT2D eigenvalue weighted by Gasteiger charge is -2.38. The number of carbonyl (C=O) groups is 1. The molecule has 0 aromatic heterocycles. The van der Waals surface area contributed by atoms with Gasteiger partial charge in [0, 0.05) is 30.6 Å². The molecule has 1 fully saturated rings. The summed E-state index contributed by atoms with van der Waals surface area (Å²) in [6.07, 6.45) is 0.638. The zero-order valence-corrected chi connectivity index (χ0v) is 18.9. The Labute approximate surface area is 183 Å². The van der Waals surface area contributed by atoms with Crippen molar-refractivity contribution in [3.63, 3.8) is 0 Å². The number of sulfonamides is 1. The smallest absolute Gasteiger partial charge is 0.251 e. The number of aryl methyl sites for hydroxylation is 1. The van der Waals surface area contributed by atoms with Crippen molar-refractivity contribution in [3.05, 3.63) is 59.2 Å². The molecule has 1 atom stereocenters. The van der Waals surface area contributed by atoms with Gasteiger partial charge in [0.05, 0.1) is 24.2 Å². The molecule has 4 rings (SSSR count). The number of fused-ring (bicyclic) bond motifs is 1. The summed E-state index contributed by atoms with van der Waals surface area (Å²) in [6.45, 7) is 7.46. The highest BCUT2D eigenvalue weighted by Gasteiger charge is 2.35. The fourth-order valence-electron chi connectivity index (χ4n) is 4.06. The third kappa shape index (κ3) is 4.61. The lowest BCUT2D eigenvalue weighted by molar-refractivity contribution is 0.0619. The summed E-state index contributed by atoms with van der Waals surface area (Å²) in [4.78, 5) is 13.1. The van der Waals surface area contributed by atoms with E-state index in [4.69, 9.17) is 9.47 Å². The van der Waals surface area contributed by atoms with Crippen molar-refractivity contribution in [1.82, 2.24) is 9.62 Å². The molecule has 1 saturated heterocycles. The second-order valence-corrected chi connectivity index (χ2v) is 10.6. The van der Waals surface area contributed by atoms with E-state index in [0.717, 1.165) is 16.9 Å². The number of ether oxygens (including phenoxy) is 2. The van der Waals surface area contributed by atoms with Gasteiger partial charge < -0.3 is 14.8 Å². The second-order valence-electron chi connectivity index (χ2n) is 8.67. The van der Waals surface area contributed by atoms with E-state index in [9.17, 15) is 13.2 Å². The van der Waals surface area contributed by atoms with E-state index in [1.165, 1.54) is 16.4 Å². The van der Waals surface area contributed by atoms with Crippen LogP contribution in [0, 0.1) is 6.92 Å². The van der Waals surface area contributed by atoms with E-state index < -0.39 is 15.6 Å². The van der Waals surface area contributed by atoms with Crippen molar-refractivity contribution in [2.75, 3.05) is 26.3 Å². The predicted molar refractivity (Wildman–Crippen MR) is 117 cm³/mol. The van der Waals surface area contributed by atoms with Crippen molar-refractivity contribution in [3.8, 4) is 5.75 Å². The van der Waals surface area contributed by atoms with Crippen molar-refractivity contribution in [2.45, 2.75) is 43.7 Å². The molecule has 0 spiro atoms. The van der Waals surface area contributed by atoms with Gasteiger partial charge >= 0.3 is 0 Å². The predicted octanol–water partition coefficient (Wildman–Crippen LogP) is 3.05. The molecule has 2 aliphatic heterocycles. The Morgan fingerprint density at radius 3 is 2.45 bits per heavy atom. The fourth-order valence-corrected chi connectivity index (χ4v) is 5.47. The molecule has 8 heteroatoms. The molecule has 0 bridgehead atoms. The number of nitrogens with zero attached hydrogens (tertiary/aromatic N) is 1. The van der Waals surface area contributed by atoms with Gasteiger partial charge in [0.15, 0.2) is 0 Å². The number of hydrogen-bond acceptors (Lipinski definition) is 5. The summed E-state index contributed by atoms with van der Waals surface area (Å²) in [6, 6.07) is 11.9. The maximum atomic E-state index is 13.0. The molecule has 7 nitrogen and oxygen atoms in total. The van der Waals surface area contributed by atoms with Crippen LogP contribution in [0.25, 0.3) is 0 Å². The van der Waals surface area contributed by atoms with Gasteiger partial charge in [-0.15, -0.1) is 0 Å². The minimum absolute atomic E-state index is 0.180. The first kappa shape index (κ1) is 21.8. The highest BCUT2D eigenvalue weighted by molar-refractivity contribution is 7.89. The Bertz CT molecular complexity index is 1070. The molecule has 1 amide bonds.